The number of rotatable bonds is 4. The molecule has 1 aromatic rings. The topological polar surface area (TPSA) is 78.4 Å². The number of hydrogen-bond donors (Lipinski definition) is 3. The Kier molecular flexibility index (Phi) is 4.27. The van der Waals surface area contributed by atoms with E-state index < -0.39 is 12.0 Å². The van der Waals surface area contributed by atoms with E-state index in [4.69, 9.17) is 5.11 Å². The maximum atomic E-state index is 13.1. The summed E-state index contributed by atoms with van der Waals surface area (Å²) in [5.74, 6) is -2.72. The molecule has 1 aromatic heterocycles. The van der Waals surface area contributed by atoms with Gasteiger partial charge >= 0.3 is 6.09 Å². The summed E-state index contributed by atoms with van der Waals surface area (Å²) in [6, 6.07) is 1.49. The van der Waals surface area contributed by atoms with Crippen LogP contribution in [0.1, 0.15) is 53.3 Å². The molecular formula is C15H18F2N2O3S. The van der Waals surface area contributed by atoms with Gasteiger partial charge < -0.3 is 15.7 Å². The third-order valence-corrected chi connectivity index (χ3v) is 5.37. The van der Waals surface area contributed by atoms with Crippen LogP contribution in [-0.4, -0.2) is 35.1 Å². The number of carbonyl (C=O) groups is 2. The second kappa shape index (κ2) is 6.07. The Hall–Kier alpha value is -1.70. The van der Waals surface area contributed by atoms with Crippen LogP contribution in [0.5, 0.6) is 0 Å². The summed E-state index contributed by atoms with van der Waals surface area (Å²) < 4.78 is 26.2. The highest BCUT2D eigenvalue weighted by Gasteiger charge is 2.40. The number of carboxylic acid groups (broad SMARTS) is 1. The lowest BCUT2D eigenvalue weighted by atomic mass is 9.92. The molecule has 2 saturated carbocycles. The zero-order valence-electron chi connectivity index (χ0n) is 12.4. The highest BCUT2D eigenvalue weighted by Crippen LogP contribution is 2.42. The molecule has 5 nitrogen and oxygen atoms in total. The van der Waals surface area contributed by atoms with Gasteiger partial charge in [0.15, 0.2) is 0 Å². The van der Waals surface area contributed by atoms with E-state index in [1.165, 1.54) is 11.3 Å². The van der Waals surface area contributed by atoms with Gasteiger partial charge in [-0.1, -0.05) is 0 Å². The Morgan fingerprint density at radius 3 is 2.61 bits per heavy atom. The third kappa shape index (κ3) is 3.99. The minimum Gasteiger partial charge on any atom is -0.465 e. The van der Waals surface area contributed by atoms with Gasteiger partial charge in [0.25, 0.3) is 5.91 Å². The largest absolute Gasteiger partial charge is 0.465 e. The standard InChI is InChI=1S/C15H18F2N2O3S/c16-15(17)3-1-9(2-4-15)18-13(20)12-5-8(7-23-12)10-6-11(10)19-14(21)22/h5,7,9-11,19H,1-4,6H2,(H,18,20)(H,21,22). The summed E-state index contributed by atoms with van der Waals surface area (Å²) in [4.78, 5) is 23.3. The van der Waals surface area contributed by atoms with E-state index in [1.54, 1.807) is 6.07 Å². The number of thiophene rings is 1. The van der Waals surface area contributed by atoms with Crippen LogP contribution in [-0.2, 0) is 0 Å². The molecule has 0 saturated heterocycles. The zero-order valence-corrected chi connectivity index (χ0v) is 13.2. The maximum Gasteiger partial charge on any atom is 0.404 e. The van der Waals surface area contributed by atoms with E-state index in [2.05, 4.69) is 10.6 Å². The van der Waals surface area contributed by atoms with Gasteiger partial charge in [-0.25, -0.2) is 13.6 Å². The van der Waals surface area contributed by atoms with Gasteiger partial charge in [0.1, 0.15) is 0 Å². The molecule has 8 heteroatoms. The molecule has 3 rings (SSSR count). The fraction of sp³-hybridized carbons (Fsp3) is 0.600. The van der Waals surface area contributed by atoms with E-state index in [0.29, 0.717) is 17.7 Å². The molecule has 0 aliphatic heterocycles. The van der Waals surface area contributed by atoms with Gasteiger partial charge in [0.2, 0.25) is 5.92 Å². The van der Waals surface area contributed by atoms with Gasteiger partial charge in [0.05, 0.1) is 4.88 Å². The van der Waals surface area contributed by atoms with Crippen LogP contribution in [0.2, 0.25) is 0 Å². The van der Waals surface area contributed by atoms with Gasteiger partial charge in [0, 0.05) is 30.8 Å². The van der Waals surface area contributed by atoms with Gasteiger partial charge in [-0.15, -0.1) is 11.3 Å². The predicted molar refractivity (Wildman–Crippen MR) is 81.3 cm³/mol. The van der Waals surface area contributed by atoms with Crippen molar-refractivity contribution in [3.63, 3.8) is 0 Å². The molecule has 2 unspecified atom stereocenters. The minimum atomic E-state index is -2.60. The van der Waals surface area contributed by atoms with Gasteiger partial charge in [-0.05, 0) is 36.3 Å². The summed E-state index contributed by atoms with van der Waals surface area (Å²) in [5.41, 5.74) is 0.953. The third-order valence-electron chi connectivity index (χ3n) is 4.42. The first-order valence-corrected chi connectivity index (χ1v) is 8.48. The summed E-state index contributed by atoms with van der Waals surface area (Å²) >= 11 is 1.30. The van der Waals surface area contributed by atoms with Crippen molar-refractivity contribution in [2.75, 3.05) is 0 Å². The average molecular weight is 344 g/mol. The highest BCUT2D eigenvalue weighted by molar-refractivity contribution is 7.12. The number of hydrogen-bond acceptors (Lipinski definition) is 3. The van der Waals surface area contributed by atoms with E-state index in [1.807, 2.05) is 5.38 Å². The summed E-state index contributed by atoms with van der Waals surface area (Å²) in [5, 5.41) is 15.8. The lowest BCUT2D eigenvalue weighted by molar-refractivity contribution is -0.0399. The second-order valence-electron chi connectivity index (χ2n) is 6.25. The lowest BCUT2D eigenvalue weighted by Crippen LogP contribution is -2.40. The van der Waals surface area contributed by atoms with E-state index in [9.17, 15) is 18.4 Å². The van der Waals surface area contributed by atoms with Crippen LogP contribution >= 0.6 is 11.3 Å². The molecule has 126 valence electrons. The normalized spacial score (nSPS) is 26.5. The highest BCUT2D eigenvalue weighted by atomic mass is 32.1. The van der Waals surface area contributed by atoms with E-state index in [0.717, 1.165) is 12.0 Å². The first kappa shape index (κ1) is 16.2. The Balaban J connectivity index is 1.52. The van der Waals surface area contributed by atoms with E-state index in [-0.39, 0.29) is 36.8 Å². The summed E-state index contributed by atoms with van der Waals surface area (Å²) in [6.45, 7) is 0. The van der Waals surface area contributed by atoms with Gasteiger partial charge in [-0.3, -0.25) is 4.79 Å². The monoisotopic (exact) mass is 344 g/mol. The molecule has 0 bridgehead atoms. The minimum absolute atomic E-state index is 0.0846. The van der Waals surface area contributed by atoms with Crippen LogP contribution in [0.3, 0.4) is 0 Å². The van der Waals surface area contributed by atoms with Gasteiger partial charge in [-0.2, -0.15) is 0 Å². The Bertz CT molecular complexity index is 610. The molecule has 2 aliphatic carbocycles. The van der Waals surface area contributed by atoms with Crippen molar-refractivity contribution in [2.24, 2.45) is 0 Å². The van der Waals surface area contributed by atoms with Crippen molar-refractivity contribution >= 4 is 23.3 Å². The summed E-state index contributed by atoms with van der Waals surface area (Å²) in [6.07, 6.45) is -0.0769. The number of amides is 2. The summed E-state index contributed by atoms with van der Waals surface area (Å²) in [7, 11) is 0. The lowest BCUT2D eigenvalue weighted by Gasteiger charge is -2.28. The van der Waals surface area contributed by atoms with E-state index >= 15 is 0 Å². The van der Waals surface area contributed by atoms with Crippen molar-refractivity contribution in [2.45, 2.75) is 56.0 Å². The molecule has 2 aliphatic rings. The Morgan fingerprint density at radius 1 is 1.26 bits per heavy atom. The first-order chi connectivity index (χ1) is 10.8. The van der Waals surface area contributed by atoms with Crippen LogP contribution < -0.4 is 10.6 Å². The number of nitrogens with one attached hydrogen (secondary N) is 2. The van der Waals surface area contributed by atoms with Crippen LogP contribution in [0.15, 0.2) is 11.4 Å². The Morgan fingerprint density at radius 2 is 1.96 bits per heavy atom. The number of halogens is 2. The fourth-order valence-electron chi connectivity index (χ4n) is 2.99. The van der Waals surface area contributed by atoms with Crippen molar-refractivity contribution < 1.29 is 23.5 Å². The molecule has 0 aromatic carbocycles. The fourth-order valence-corrected chi connectivity index (χ4v) is 3.86. The van der Waals surface area contributed by atoms with Crippen molar-refractivity contribution in [3.8, 4) is 0 Å². The van der Waals surface area contributed by atoms with Crippen molar-refractivity contribution in [1.82, 2.24) is 10.6 Å². The van der Waals surface area contributed by atoms with Crippen LogP contribution in [0.25, 0.3) is 0 Å². The van der Waals surface area contributed by atoms with Crippen molar-refractivity contribution in [3.05, 3.63) is 21.9 Å². The van der Waals surface area contributed by atoms with Crippen molar-refractivity contribution in [1.29, 1.82) is 0 Å². The molecule has 2 fully saturated rings. The quantitative estimate of drug-likeness (QED) is 0.785. The first-order valence-electron chi connectivity index (χ1n) is 7.61. The average Bonchev–Trinajstić information content (AvgIpc) is 3.04. The predicted octanol–water partition coefficient (Wildman–Crippen LogP) is 3.18. The smallest absolute Gasteiger partial charge is 0.404 e. The maximum absolute atomic E-state index is 13.1. The molecule has 0 radical (unpaired) electrons. The molecule has 3 N–H and O–H groups in total. The zero-order chi connectivity index (χ0) is 16.6. The molecule has 23 heavy (non-hydrogen) atoms. The molecule has 2 amide bonds. The van der Waals surface area contributed by atoms with Crippen LogP contribution in [0.4, 0.5) is 13.6 Å². The molecular weight excluding hydrogens is 326 g/mol. The molecule has 1 heterocycles. The molecule has 2 atom stereocenters. The number of carbonyl (C=O) groups excluding carboxylic acids is 1. The number of alkyl halides is 2. The molecule has 0 spiro atoms. The SMILES string of the molecule is O=C(O)NC1CC1c1csc(C(=O)NC2CCC(F)(F)CC2)c1. The Labute approximate surface area is 136 Å². The second-order valence-corrected chi connectivity index (χ2v) is 7.16. The van der Waals surface area contributed by atoms with Crippen LogP contribution in [0, 0.1) is 0 Å².